The van der Waals surface area contributed by atoms with Gasteiger partial charge < -0.3 is 15.3 Å². The number of nitrogens with one attached hydrogen (secondary N) is 1. The van der Waals surface area contributed by atoms with Crippen LogP contribution in [0.4, 0.5) is 10.5 Å². The number of carbonyl (C=O) groups excluding carboxylic acids is 1. The van der Waals surface area contributed by atoms with Gasteiger partial charge in [-0.3, -0.25) is 4.98 Å². The van der Waals surface area contributed by atoms with Gasteiger partial charge in [0.25, 0.3) is 0 Å². The van der Waals surface area contributed by atoms with Gasteiger partial charge in [-0.2, -0.15) is 0 Å². The van der Waals surface area contributed by atoms with E-state index < -0.39 is 5.60 Å². The SMILES string of the molecule is Cc1ccccc1NC(=O)N1[C@@H]2CC[C@@H]1CC(O)(c1cccnc1)C2. The number of hydrogen-bond donors (Lipinski definition) is 2. The van der Waals surface area contributed by atoms with Gasteiger partial charge in [0.2, 0.25) is 0 Å². The fraction of sp³-hybridized carbons (Fsp3) is 0.400. The molecule has 25 heavy (non-hydrogen) atoms. The van der Waals surface area contributed by atoms with E-state index in [-0.39, 0.29) is 18.1 Å². The van der Waals surface area contributed by atoms with Crippen LogP contribution in [0.2, 0.25) is 0 Å². The van der Waals surface area contributed by atoms with Crippen molar-refractivity contribution >= 4 is 11.7 Å². The van der Waals surface area contributed by atoms with E-state index in [4.69, 9.17) is 0 Å². The molecule has 3 heterocycles. The molecule has 0 aliphatic carbocycles. The number of rotatable bonds is 2. The van der Waals surface area contributed by atoms with Crippen LogP contribution in [0.15, 0.2) is 48.8 Å². The highest BCUT2D eigenvalue weighted by atomic mass is 16.3. The fourth-order valence-corrected chi connectivity index (χ4v) is 4.32. The number of benzene rings is 1. The predicted molar refractivity (Wildman–Crippen MR) is 96.2 cm³/mol. The molecule has 1 aromatic carbocycles. The first-order valence-corrected chi connectivity index (χ1v) is 8.85. The minimum atomic E-state index is -0.889. The van der Waals surface area contributed by atoms with Crippen LogP contribution in [-0.2, 0) is 5.60 Å². The molecule has 2 aliphatic rings. The van der Waals surface area contributed by atoms with E-state index in [1.54, 1.807) is 12.4 Å². The third-order valence-electron chi connectivity index (χ3n) is 5.59. The van der Waals surface area contributed by atoms with Crippen LogP contribution in [0.3, 0.4) is 0 Å². The quantitative estimate of drug-likeness (QED) is 0.882. The van der Waals surface area contributed by atoms with Gasteiger partial charge in [-0.15, -0.1) is 0 Å². The lowest BCUT2D eigenvalue weighted by Gasteiger charge is -2.43. The lowest BCUT2D eigenvalue weighted by molar-refractivity contribution is -0.0424. The van der Waals surface area contributed by atoms with E-state index in [0.29, 0.717) is 12.8 Å². The number of aliphatic hydroxyl groups is 1. The molecule has 2 aliphatic heterocycles. The van der Waals surface area contributed by atoms with Gasteiger partial charge in [-0.05, 0) is 37.5 Å². The molecule has 2 aromatic rings. The highest BCUT2D eigenvalue weighted by Crippen LogP contribution is 2.45. The summed E-state index contributed by atoms with van der Waals surface area (Å²) < 4.78 is 0. The molecule has 2 bridgehead atoms. The number of nitrogens with zero attached hydrogens (tertiary/aromatic N) is 2. The summed E-state index contributed by atoms with van der Waals surface area (Å²) >= 11 is 0. The van der Waals surface area contributed by atoms with Gasteiger partial charge in [0.1, 0.15) is 0 Å². The Labute approximate surface area is 147 Å². The van der Waals surface area contributed by atoms with E-state index in [1.807, 2.05) is 48.2 Å². The molecule has 2 fully saturated rings. The van der Waals surface area contributed by atoms with Crippen molar-refractivity contribution in [3.63, 3.8) is 0 Å². The molecule has 5 nitrogen and oxygen atoms in total. The van der Waals surface area contributed by atoms with Crippen molar-refractivity contribution in [1.82, 2.24) is 9.88 Å². The third kappa shape index (κ3) is 2.89. The summed E-state index contributed by atoms with van der Waals surface area (Å²) in [5.41, 5.74) is 1.86. The number of pyridine rings is 1. The fourth-order valence-electron chi connectivity index (χ4n) is 4.32. The zero-order chi connectivity index (χ0) is 17.4. The van der Waals surface area contributed by atoms with Crippen molar-refractivity contribution in [2.24, 2.45) is 0 Å². The largest absolute Gasteiger partial charge is 0.385 e. The summed E-state index contributed by atoms with van der Waals surface area (Å²) in [7, 11) is 0. The van der Waals surface area contributed by atoms with Gasteiger partial charge in [0, 0.05) is 48.6 Å². The topological polar surface area (TPSA) is 65.5 Å². The number of fused-ring (bicyclic) bond motifs is 2. The standard InChI is InChI=1S/C20H23N3O2/c1-14-5-2-3-7-18(14)22-19(24)23-16-8-9-17(23)12-20(25,11-16)15-6-4-10-21-13-15/h2-7,10,13,16-17,25H,8-9,11-12H2,1H3,(H,22,24)/t16-,17-/m1/s1. The van der Waals surface area contributed by atoms with Crippen molar-refractivity contribution in [3.8, 4) is 0 Å². The number of para-hydroxylation sites is 1. The number of anilines is 1. The van der Waals surface area contributed by atoms with E-state index in [0.717, 1.165) is 29.7 Å². The molecule has 130 valence electrons. The number of amides is 2. The molecular weight excluding hydrogens is 314 g/mol. The summed E-state index contributed by atoms with van der Waals surface area (Å²) in [4.78, 5) is 18.9. The lowest BCUT2D eigenvalue weighted by Crippen LogP contribution is -2.53. The maximum absolute atomic E-state index is 12.8. The molecule has 2 amide bonds. The molecule has 2 N–H and O–H groups in total. The predicted octanol–water partition coefficient (Wildman–Crippen LogP) is 3.44. The Hall–Kier alpha value is -2.40. The van der Waals surface area contributed by atoms with Gasteiger partial charge in [0.05, 0.1) is 5.60 Å². The van der Waals surface area contributed by atoms with E-state index in [9.17, 15) is 9.90 Å². The molecule has 1 aromatic heterocycles. The Morgan fingerprint density at radius 2 is 1.92 bits per heavy atom. The minimum Gasteiger partial charge on any atom is -0.385 e. The van der Waals surface area contributed by atoms with Gasteiger partial charge in [-0.1, -0.05) is 24.3 Å². The van der Waals surface area contributed by atoms with Crippen LogP contribution in [0, 0.1) is 6.92 Å². The molecule has 0 radical (unpaired) electrons. The van der Waals surface area contributed by atoms with E-state index in [1.165, 1.54) is 0 Å². The second-order valence-corrected chi connectivity index (χ2v) is 7.22. The smallest absolute Gasteiger partial charge is 0.322 e. The Morgan fingerprint density at radius 3 is 2.56 bits per heavy atom. The monoisotopic (exact) mass is 337 g/mol. The average molecular weight is 337 g/mol. The highest BCUT2D eigenvalue weighted by Gasteiger charge is 2.50. The summed E-state index contributed by atoms with van der Waals surface area (Å²) in [6.45, 7) is 1.99. The maximum atomic E-state index is 12.8. The van der Waals surface area contributed by atoms with Crippen LogP contribution in [0.5, 0.6) is 0 Å². The molecule has 0 unspecified atom stereocenters. The van der Waals surface area contributed by atoms with Crippen molar-refractivity contribution < 1.29 is 9.90 Å². The van der Waals surface area contributed by atoms with E-state index >= 15 is 0 Å². The molecule has 5 heteroatoms. The molecule has 0 spiro atoms. The Balaban J connectivity index is 1.53. The summed E-state index contributed by atoms with van der Waals surface area (Å²) in [5.74, 6) is 0. The van der Waals surface area contributed by atoms with Crippen molar-refractivity contribution in [3.05, 3.63) is 59.9 Å². The third-order valence-corrected chi connectivity index (χ3v) is 5.59. The normalized spacial score (nSPS) is 28.0. The summed E-state index contributed by atoms with van der Waals surface area (Å²) in [5, 5.41) is 14.2. The minimum absolute atomic E-state index is 0.0602. The van der Waals surface area contributed by atoms with Crippen LogP contribution in [0.25, 0.3) is 0 Å². The zero-order valence-electron chi connectivity index (χ0n) is 14.4. The Morgan fingerprint density at radius 1 is 1.20 bits per heavy atom. The van der Waals surface area contributed by atoms with Gasteiger partial charge in [0.15, 0.2) is 0 Å². The first-order chi connectivity index (χ1) is 12.1. The van der Waals surface area contributed by atoms with E-state index in [2.05, 4.69) is 10.3 Å². The Kier molecular flexibility index (Phi) is 3.96. The molecule has 2 atom stereocenters. The first kappa shape index (κ1) is 16.1. The number of carbonyl (C=O) groups is 1. The van der Waals surface area contributed by atoms with Crippen LogP contribution in [-0.4, -0.2) is 33.1 Å². The summed E-state index contributed by atoms with van der Waals surface area (Å²) in [6, 6.07) is 11.6. The van der Waals surface area contributed by atoms with Crippen LogP contribution in [0.1, 0.15) is 36.8 Å². The first-order valence-electron chi connectivity index (χ1n) is 8.85. The number of aryl methyl sites for hydroxylation is 1. The lowest BCUT2D eigenvalue weighted by atomic mass is 9.81. The van der Waals surface area contributed by atoms with Crippen molar-refractivity contribution in [2.45, 2.75) is 50.3 Å². The van der Waals surface area contributed by atoms with Gasteiger partial charge in [-0.25, -0.2) is 4.79 Å². The van der Waals surface area contributed by atoms with Crippen molar-refractivity contribution in [2.75, 3.05) is 5.32 Å². The maximum Gasteiger partial charge on any atom is 0.322 e. The van der Waals surface area contributed by atoms with Crippen LogP contribution >= 0.6 is 0 Å². The van der Waals surface area contributed by atoms with Gasteiger partial charge >= 0.3 is 6.03 Å². The molecular formula is C20H23N3O2. The number of hydrogen-bond acceptors (Lipinski definition) is 3. The zero-order valence-corrected chi connectivity index (χ0v) is 14.4. The number of piperidine rings is 1. The highest BCUT2D eigenvalue weighted by molar-refractivity contribution is 5.90. The second-order valence-electron chi connectivity index (χ2n) is 7.22. The number of aromatic nitrogens is 1. The summed E-state index contributed by atoms with van der Waals surface area (Å²) in [6.07, 6.45) is 6.46. The molecule has 4 rings (SSSR count). The van der Waals surface area contributed by atoms with Crippen LogP contribution < -0.4 is 5.32 Å². The Bertz CT molecular complexity index is 764. The number of urea groups is 1. The second kappa shape index (κ2) is 6.15. The molecule has 2 saturated heterocycles. The van der Waals surface area contributed by atoms with Crippen molar-refractivity contribution in [1.29, 1.82) is 0 Å². The average Bonchev–Trinajstić information content (AvgIpc) is 2.90. The molecule has 0 saturated carbocycles.